The average molecular weight is 290 g/mol. The molecule has 0 atom stereocenters. The standard InChI is InChI=1S/C15H12F2N2O2/c1-3-21-12-5-4-11(16)14(17)13(12)9-6-8(2)19-15(20)10(9)7-18/h4-6H,3H2,1-2H3,(H,19,20). The summed E-state index contributed by atoms with van der Waals surface area (Å²) >= 11 is 0. The van der Waals surface area contributed by atoms with Crippen LogP contribution >= 0.6 is 0 Å². The van der Waals surface area contributed by atoms with E-state index < -0.39 is 17.2 Å². The van der Waals surface area contributed by atoms with Gasteiger partial charge in [-0.3, -0.25) is 4.79 Å². The summed E-state index contributed by atoms with van der Waals surface area (Å²) in [6.07, 6.45) is 0. The largest absolute Gasteiger partial charge is 0.493 e. The quantitative estimate of drug-likeness (QED) is 0.945. The Morgan fingerprint density at radius 3 is 2.71 bits per heavy atom. The van der Waals surface area contributed by atoms with E-state index in [-0.39, 0.29) is 29.0 Å². The number of nitrogens with zero attached hydrogens (tertiary/aromatic N) is 1. The van der Waals surface area contributed by atoms with Gasteiger partial charge in [-0.25, -0.2) is 8.78 Å². The number of hydrogen-bond donors (Lipinski definition) is 1. The number of rotatable bonds is 3. The lowest BCUT2D eigenvalue weighted by Crippen LogP contribution is -2.13. The summed E-state index contributed by atoms with van der Waals surface area (Å²) in [4.78, 5) is 14.2. The third kappa shape index (κ3) is 2.63. The molecule has 0 fully saturated rings. The molecule has 0 amide bonds. The van der Waals surface area contributed by atoms with Gasteiger partial charge in [0.15, 0.2) is 11.6 Å². The van der Waals surface area contributed by atoms with E-state index in [1.807, 2.05) is 0 Å². The highest BCUT2D eigenvalue weighted by atomic mass is 19.2. The van der Waals surface area contributed by atoms with Crippen LogP contribution < -0.4 is 10.3 Å². The van der Waals surface area contributed by atoms with Crippen LogP contribution in [0.4, 0.5) is 8.78 Å². The molecule has 0 unspecified atom stereocenters. The number of halogens is 2. The van der Waals surface area contributed by atoms with Crippen LogP contribution in [0.1, 0.15) is 18.2 Å². The predicted octanol–water partition coefficient (Wildman–Crippen LogP) is 2.90. The van der Waals surface area contributed by atoms with Crippen molar-refractivity contribution in [2.75, 3.05) is 6.61 Å². The SMILES string of the molecule is CCOc1ccc(F)c(F)c1-c1cc(C)[nH]c(=O)c1C#N. The minimum Gasteiger partial charge on any atom is -0.493 e. The summed E-state index contributed by atoms with van der Waals surface area (Å²) in [7, 11) is 0. The van der Waals surface area contributed by atoms with Gasteiger partial charge in [0.2, 0.25) is 0 Å². The van der Waals surface area contributed by atoms with Crippen molar-refractivity contribution in [1.82, 2.24) is 4.98 Å². The molecule has 108 valence electrons. The Labute approximate surface area is 119 Å². The van der Waals surface area contributed by atoms with Crippen LogP contribution in [-0.4, -0.2) is 11.6 Å². The first-order valence-corrected chi connectivity index (χ1v) is 6.24. The first kappa shape index (κ1) is 14.7. The van der Waals surface area contributed by atoms with Gasteiger partial charge in [-0.15, -0.1) is 0 Å². The number of aromatic nitrogens is 1. The maximum atomic E-state index is 14.2. The monoisotopic (exact) mass is 290 g/mol. The van der Waals surface area contributed by atoms with E-state index in [0.717, 1.165) is 6.07 Å². The van der Waals surface area contributed by atoms with E-state index in [2.05, 4.69) is 4.98 Å². The molecule has 1 heterocycles. The zero-order valence-corrected chi connectivity index (χ0v) is 11.5. The lowest BCUT2D eigenvalue weighted by atomic mass is 9.99. The van der Waals surface area contributed by atoms with Crippen LogP contribution in [0.5, 0.6) is 5.75 Å². The van der Waals surface area contributed by atoms with Gasteiger partial charge < -0.3 is 9.72 Å². The van der Waals surface area contributed by atoms with Crippen LogP contribution in [0.25, 0.3) is 11.1 Å². The molecule has 0 aliphatic carbocycles. The lowest BCUT2D eigenvalue weighted by Gasteiger charge is -2.13. The Balaban J connectivity index is 2.87. The molecular weight excluding hydrogens is 278 g/mol. The molecule has 2 aromatic rings. The molecule has 0 aliphatic rings. The average Bonchev–Trinajstić information content (AvgIpc) is 2.43. The number of H-pyrrole nitrogens is 1. The number of ether oxygens (including phenoxy) is 1. The fourth-order valence-electron chi connectivity index (χ4n) is 2.06. The highest BCUT2D eigenvalue weighted by molar-refractivity contribution is 5.76. The first-order chi connectivity index (χ1) is 9.99. The van der Waals surface area contributed by atoms with Crippen LogP contribution in [0, 0.1) is 29.9 Å². The molecule has 1 aromatic heterocycles. The predicted molar refractivity (Wildman–Crippen MR) is 73.0 cm³/mol. The summed E-state index contributed by atoms with van der Waals surface area (Å²) in [6, 6.07) is 5.35. The maximum Gasteiger partial charge on any atom is 0.266 e. The number of aromatic amines is 1. The van der Waals surface area contributed by atoms with Gasteiger partial charge in [0, 0.05) is 11.3 Å². The topological polar surface area (TPSA) is 65.9 Å². The maximum absolute atomic E-state index is 14.2. The van der Waals surface area contributed by atoms with Crippen molar-refractivity contribution in [3.05, 3.63) is 51.4 Å². The summed E-state index contributed by atoms with van der Waals surface area (Å²) < 4.78 is 33.0. The minimum atomic E-state index is -1.15. The number of nitrogens with one attached hydrogen (secondary N) is 1. The zero-order valence-electron chi connectivity index (χ0n) is 11.5. The number of aryl methyl sites for hydroxylation is 1. The van der Waals surface area contributed by atoms with E-state index in [0.29, 0.717) is 5.69 Å². The molecule has 0 saturated heterocycles. The Kier molecular flexibility index (Phi) is 4.03. The number of nitriles is 1. The van der Waals surface area contributed by atoms with E-state index in [4.69, 9.17) is 10.00 Å². The molecule has 21 heavy (non-hydrogen) atoms. The van der Waals surface area contributed by atoms with Crippen LogP contribution in [0.2, 0.25) is 0 Å². The van der Waals surface area contributed by atoms with Crippen molar-refractivity contribution < 1.29 is 13.5 Å². The van der Waals surface area contributed by atoms with Gasteiger partial charge in [0.05, 0.1) is 12.2 Å². The van der Waals surface area contributed by atoms with Crippen molar-refractivity contribution in [2.24, 2.45) is 0 Å². The molecule has 0 aliphatic heterocycles. The summed E-state index contributed by atoms with van der Waals surface area (Å²) in [5.74, 6) is -2.14. The Hall–Kier alpha value is -2.68. The Morgan fingerprint density at radius 2 is 2.10 bits per heavy atom. The zero-order chi connectivity index (χ0) is 15.6. The van der Waals surface area contributed by atoms with E-state index in [1.54, 1.807) is 19.9 Å². The first-order valence-electron chi connectivity index (χ1n) is 6.24. The highest BCUT2D eigenvalue weighted by Crippen LogP contribution is 2.35. The molecule has 1 aromatic carbocycles. The third-order valence-electron chi connectivity index (χ3n) is 2.91. The van der Waals surface area contributed by atoms with Crippen LogP contribution in [-0.2, 0) is 0 Å². The second-order valence-electron chi connectivity index (χ2n) is 4.35. The smallest absolute Gasteiger partial charge is 0.266 e. The van der Waals surface area contributed by atoms with Gasteiger partial charge in [-0.2, -0.15) is 5.26 Å². The molecule has 1 N–H and O–H groups in total. The Bertz CT molecular complexity index is 791. The molecule has 6 heteroatoms. The van der Waals surface area contributed by atoms with Crippen molar-refractivity contribution >= 4 is 0 Å². The normalized spacial score (nSPS) is 10.2. The van der Waals surface area contributed by atoms with Crippen molar-refractivity contribution in [3.63, 3.8) is 0 Å². The molecule has 2 rings (SSSR count). The Morgan fingerprint density at radius 1 is 1.38 bits per heavy atom. The molecule has 0 radical (unpaired) electrons. The molecule has 4 nitrogen and oxygen atoms in total. The van der Waals surface area contributed by atoms with E-state index in [1.165, 1.54) is 12.1 Å². The fraction of sp³-hybridized carbons (Fsp3) is 0.200. The molecule has 0 saturated carbocycles. The van der Waals surface area contributed by atoms with E-state index >= 15 is 0 Å². The van der Waals surface area contributed by atoms with Crippen LogP contribution in [0.3, 0.4) is 0 Å². The van der Waals surface area contributed by atoms with Gasteiger partial charge in [0.1, 0.15) is 17.4 Å². The van der Waals surface area contributed by atoms with Gasteiger partial charge in [-0.1, -0.05) is 0 Å². The van der Waals surface area contributed by atoms with Gasteiger partial charge >= 0.3 is 0 Å². The second-order valence-corrected chi connectivity index (χ2v) is 4.35. The molecular formula is C15H12F2N2O2. The van der Waals surface area contributed by atoms with Gasteiger partial charge in [-0.05, 0) is 32.0 Å². The minimum absolute atomic E-state index is 0.0131. The number of benzene rings is 1. The van der Waals surface area contributed by atoms with Crippen molar-refractivity contribution in [2.45, 2.75) is 13.8 Å². The van der Waals surface area contributed by atoms with Gasteiger partial charge in [0.25, 0.3) is 5.56 Å². The lowest BCUT2D eigenvalue weighted by molar-refractivity contribution is 0.338. The number of pyridine rings is 1. The second kappa shape index (κ2) is 5.75. The summed E-state index contributed by atoms with van der Waals surface area (Å²) in [5.41, 5.74) is -0.716. The molecule has 0 spiro atoms. The van der Waals surface area contributed by atoms with Crippen LogP contribution in [0.15, 0.2) is 23.0 Å². The highest BCUT2D eigenvalue weighted by Gasteiger charge is 2.21. The van der Waals surface area contributed by atoms with Crippen molar-refractivity contribution in [1.29, 1.82) is 5.26 Å². The fourth-order valence-corrected chi connectivity index (χ4v) is 2.06. The van der Waals surface area contributed by atoms with Crippen molar-refractivity contribution in [3.8, 4) is 22.9 Å². The van der Waals surface area contributed by atoms with E-state index in [9.17, 15) is 13.6 Å². The summed E-state index contributed by atoms with van der Waals surface area (Å²) in [5, 5.41) is 9.11. The number of hydrogen-bond acceptors (Lipinski definition) is 3. The molecule has 0 bridgehead atoms. The third-order valence-corrected chi connectivity index (χ3v) is 2.91. The summed E-state index contributed by atoms with van der Waals surface area (Å²) in [6.45, 7) is 3.52.